The van der Waals surface area contributed by atoms with Crippen LogP contribution in [-0.4, -0.2) is 44.4 Å². The van der Waals surface area contributed by atoms with Gasteiger partial charge in [0.25, 0.3) is 5.91 Å². The van der Waals surface area contributed by atoms with Crippen LogP contribution in [0, 0.1) is 6.92 Å². The first-order valence-electron chi connectivity index (χ1n) is 11.2. The summed E-state index contributed by atoms with van der Waals surface area (Å²) >= 11 is 3.92. The summed E-state index contributed by atoms with van der Waals surface area (Å²) in [5.74, 6) is -0.793. The van der Waals surface area contributed by atoms with Gasteiger partial charge in [0.1, 0.15) is 5.00 Å². The lowest BCUT2D eigenvalue weighted by Gasteiger charge is -2.11. The number of anilines is 1. The summed E-state index contributed by atoms with van der Waals surface area (Å²) in [5.41, 5.74) is 7.02. The van der Waals surface area contributed by atoms with Crippen LogP contribution in [-0.2, 0) is 22.5 Å². The number of amides is 2. The Kier molecular flexibility index (Phi) is 9.09. The molecule has 3 N–H and O–H groups in total. The molecular weight excluding hydrogens is 506 g/mol. The van der Waals surface area contributed by atoms with Crippen LogP contribution in [0.1, 0.15) is 64.6 Å². The van der Waals surface area contributed by atoms with E-state index >= 15 is 0 Å². The average molecular weight is 536 g/mol. The van der Waals surface area contributed by atoms with Crippen molar-refractivity contribution >= 4 is 57.2 Å². The number of thioether (sulfide) groups is 1. The summed E-state index contributed by atoms with van der Waals surface area (Å²) in [7, 11) is 0. The van der Waals surface area contributed by atoms with Gasteiger partial charge in [-0.15, -0.1) is 32.9 Å². The monoisotopic (exact) mass is 535 g/mol. The van der Waals surface area contributed by atoms with Crippen molar-refractivity contribution in [3.63, 3.8) is 0 Å². The summed E-state index contributed by atoms with van der Waals surface area (Å²) in [6.45, 7) is 9.97. The van der Waals surface area contributed by atoms with Crippen LogP contribution in [0.5, 0.6) is 0 Å². The number of carbonyl (C=O) groups is 3. The van der Waals surface area contributed by atoms with Crippen LogP contribution in [0.4, 0.5) is 5.00 Å². The maximum absolute atomic E-state index is 12.8. The van der Waals surface area contributed by atoms with Crippen LogP contribution in [0.3, 0.4) is 0 Å². The molecule has 35 heavy (non-hydrogen) atoms. The average Bonchev–Trinajstić information content (AvgIpc) is 3.49. The number of aryl methyl sites for hydroxylation is 1. The minimum atomic E-state index is -0.666. The zero-order valence-corrected chi connectivity index (χ0v) is 22.8. The molecule has 0 fully saturated rings. The lowest BCUT2D eigenvalue weighted by atomic mass is 10.1. The van der Waals surface area contributed by atoms with Crippen molar-refractivity contribution in [1.82, 2.24) is 14.8 Å². The van der Waals surface area contributed by atoms with E-state index in [4.69, 9.17) is 10.5 Å². The van der Waals surface area contributed by atoms with Crippen LogP contribution < -0.4 is 11.1 Å². The molecule has 3 heterocycles. The molecule has 3 rings (SSSR count). The highest BCUT2D eigenvalue weighted by molar-refractivity contribution is 7.99. The Labute approximate surface area is 216 Å². The number of hydrogen-bond donors (Lipinski definition) is 2. The van der Waals surface area contributed by atoms with Crippen LogP contribution in [0.15, 0.2) is 16.6 Å². The predicted molar refractivity (Wildman–Crippen MR) is 140 cm³/mol. The van der Waals surface area contributed by atoms with Gasteiger partial charge in [0.05, 0.1) is 22.3 Å². The molecule has 0 atom stereocenters. The van der Waals surface area contributed by atoms with E-state index in [0.717, 1.165) is 42.1 Å². The minimum Gasteiger partial charge on any atom is -0.459 e. The van der Waals surface area contributed by atoms with Gasteiger partial charge in [0.2, 0.25) is 5.91 Å². The minimum absolute atomic E-state index is 0.0488. The fourth-order valence-corrected chi connectivity index (χ4v) is 6.01. The number of carbonyl (C=O) groups excluding carboxylic acids is 3. The number of rotatable bonds is 11. The van der Waals surface area contributed by atoms with E-state index in [0.29, 0.717) is 10.7 Å². The summed E-state index contributed by atoms with van der Waals surface area (Å²) in [4.78, 5) is 38.7. The Morgan fingerprint density at radius 1 is 1.26 bits per heavy atom. The standard InChI is InChI=1S/C23H29N5O4S3/c1-6-8-28-20(14-9-15(7-2)33-10-14)26-27-23(28)34-11-16(29)25-21-17(22(31)32-12(3)4)13(5)18(35-21)19(24)30/h9-10,12H,6-8,11H2,1-5H3,(H2,24,30)(H,25,29). The number of primary amides is 1. The normalized spacial score (nSPS) is 11.1. The molecule has 3 aromatic rings. The van der Waals surface area contributed by atoms with Crippen LogP contribution >= 0.6 is 34.4 Å². The van der Waals surface area contributed by atoms with Gasteiger partial charge in [-0.05, 0) is 45.2 Å². The highest BCUT2D eigenvalue weighted by Gasteiger charge is 2.26. The number of ether oxygens (including phenoxy) is 1. The lowest BCUT2D eigenvalue weighted by Crippen LogP contribution is -2.18. The zero-order valence-electron chi connectivity index (χ0n) is 20.3. The molecule has 0 aliphatic carbocycles. The second-order valence-corrected chi connectivity index (χ2v) is 11.0. The molecule has 0 saturated carbocycles. The molecule has 2 amide bonds. The third-order valence-electron chi connectivity index (χ3n) is 4.93. The number of nitrogens with one attached hydrogen (secondary N) is 1. The fraction of sp³-hybridized carbons (Fsp3) is 0.435. The highest BCUT2D eigenvalue weighted by Crippen LogP contribution is 2.34. The number of nitrogens with zero attached hydrogens (tertiary/aromatic N) is 3. The maximum Gasteiger partial charge on any atom is 0.341 e. The third-order valence-corrected chi connectivity index (χ3v) is 8.20. The first-order valence-corrected chi connectivity index (χ1v) is 13.9. The van der Waals surface area contributed by atoms with Crippen molar-refractivity contribution in [2.45, 2.75) is 65.3 Å². The molecule has 0 saturated heterocycles. The molecule has 0 aromatic carbocycles. The molecule has 0 spiro atoms. The van der Waals surface area contributed by atoms with Crippen molar-refractivity contribution < 1.29 is 19.1 Å². The van der Waals surface area contributed by atoms with Gasteiger partial charge in [-0.25, -0.2) is 4.79 Å². The smallest absolute Gasteiger partial charge is 0.341 e. The molecule has 0 aliphatic heterocycles. The first kappa shape index (κ1) is 26.9. The number of nitrogens with two attached hydrogens (primary N) is 1. The van der Waals surface area contributed by atoms with Gasteiger partial charge in [0, 0.05) is 22.4 Å². The third kappa shape index (κ3) is 6.30. The first-order chi connectivity index (χ1) is 16.7. The van der Waals surface area contributed by atoms with E-state index in [1.807, 2.05) is 4.57 Å². The predicted octanol–water partition coefficient (Wildman–Crippen LogP) is 4.74. The molecule has 0 unspecified atom stereocenters. The van der Waals surface area contributed by atoms with Gasteiger partial charge >= 0.3 is 5.97 Å². The molecule has 0 bridgehead atoms. The largest absolute Gasteiger partial charge is 0.459 e. The second kappa shape index (κ2) is 11.8. The Hall–Kier alpha value is -2.70. The Balaban J connectivity index is 1.78. The number of hydrogen-bond acceptors (Lipinski definition) is 9. The quantitative estimate of drug-likeness (QED) is 0.268. The molecule has 188 valence electrons. The number of esters is 1. The maximum atomic E-state index is 12.8. The second-order valence-electron chi connectivity index (χ2n) is 8.03. The van der Waals surface area contributed by atoms with Crippen LogP contribution in [0.25, 0.3) is 11.4 Å². The van der Waals surface area contributed by atoms with E-state index in [-0.39, 0.29) is 33.2 Å². The van der Waals surface area contributed by atoms with Gasteiger partial charge < -0.3 is 20.4 Å². The van der Waals surface area contributed by atoms with Crippen molar-refractivity contribution in [1.29, 1.82) is 0 Å². The van der Waals surface area contributed by atoms with Crippen molar-refractivity contribution in [2.75, 3.05) is 11.1 Å². The van der Waals surface area contributed by atoms with Crippen LogP contribution in [0.2, 0.25) is 0 Å². The SMILES string of the molecule is CCCn1c(SCC(=O)Nc2sc(C(N)=O)c(C)c2C(=O)OC(C)C)nnc1-c1csc(CC)c1. The lowest BCUT2D eigenvalue weighted by molar-refractivity contribution is -0.113. The summed E-state index contributed by atoms with van der Waals surface area (Å²) < 4.78 is 7.32. The molecular formula is C23H29N5O4S3. The fourth-order valence-electron chi connectivity index (χ4n) is 3.37. The number of thiophene rings is 2. The Morgan fingerprint density at radius 2 is 2.00 bits per heavy atom. The molecule has 0 radical (unpaired) electrons. The highest BCUT2D eigenvalue weighted by atomic mass is 32.2. The topological polar surface area (TPSA) is 129 Å². The van der Waals surface area contributed by atoms with Crippen molar-refractivity contribution in [3.05, 3.63) is 32.3 Å². The zero-order chi connectivity index (χ0) is 25.7. The summed E-state index contributed by atoms with van der Waals surface area (Å²) in [6, 6.07) is 2.12. The number of aromatic nitrogens is 3. The van der Waals surface area contributed by atoms with Gasteiger partial charge in [0.15, 0.2) is 11.0 Å². The van der Waals surface area contributed by atoms with Gasteiger partial charge in [-0.1, -0.05) is 25.6 Å². The van der Waals surface area contributed by atoms with E-state index < -0.39 is 11.9 Å². The summed E-state index contributed by atoms with van der Waals surface area (Å²) in [6.07, 6.45) is 1.50. The van der Waals surface area contributed by atoms with Crippen molar-refractivity contribution in [2.24, 2.45) is 5.73 Å². The van der Waals surface area contributed by atoms with Gasteiger partial charge in [-0.2, -0.15) is 0 Å². The van der Waals surface area contributed by atoms with E-state index in [2.05, 4.69) is 40.8 Å². The van der Waals surface area contributed by atoms with Crippen molar-refractivity contribution in [3.8, 4) is 11.4 Å². The van der Waals surface area contributed by atoms with E-state index in [1.165, 1.54) is 16.6 Å². The summed E-state index contributed by atoms with van der Waals surface area (Å²) in [5, 5.41) is 14.4. The Bertz CT molecular complexity index is 1230. The molecule has 3 aromatic heterocycles. The molecule has 9 nitrogen and oxygen atoms in total. The Morgan fingerprint density at radius 3 is 2.60 bits per heavy atom. The van der Waals surface area contributed by atoms with E-state index in [1.54, 1.807) is 32.1 Å². The van der Waals surface area contributed by atoms with Gasteiger partial charge in [-0.3, -0.25) is 9.59 Å². The van der Waals surface area contributed by atoms with E-state index in [9.17, 15) is 14.4 Å². The molecule has 12 heteroatoms. The molecule has 0 aliphatic rings.